The van der Waals surface area contributed by atoms with Crippen LogP contribution in [0.1, 0.15) is 58.0 Å². The average molecular weight is 636 g/mol. The minimum atomic E-state index is -2.91. The van der Waals surface area contributed by atoms with Crippen LogP contribution in [-0.4, -0.2) is 0 Å². The lowest BCUT2D eigenvalue weighted by Gasteiger charge is -2.30. The minimum Gasteiger partial charge on any atom is -0.310 e. The fraction of sp³-hybridized carbons (Fsp3) is 0.125. The van der Waals surface area contributed by atoms with Crippen molar-refractivity contribution in [1.29, 1.82) is 0 Å². The Kier molecular flexibility index (Phi) is 5.27. The lowest BCUT2D eigenvalue weighted by molar-refractivity contribution is 0.660. The third-order valence-corrected chi connectivity index (χ3v) is 10.5. The maximum Gasteiger partial charge on any atom is 0.0467 e. The van der Waals surface area contributed by atoms with E-state index in [1.165, 1.54) is 22.3 Å². The molecule has 2 aliphatic carbocycles. The molecular formula is C48H39N. The molecule has 2 aliphatic rings. The Morgan fingerprint density at radius 1 is 0.388 bits per heavy atom. The summed E-state index contributed by atoms with van der Waals surface area (Å²) in [5.41, 5.74) is 10.4. The Morgan fingerprint density at radius 2 is 0.918 bits per heavy atom. The zero-order chi connectivity index (χ0) is 38.3. The van der Waals surface area contributed by atoms with Gasteiger partial charge in [0, 0.05) is 36.1 Å². The Hall–Kier alpha value is -5.66. The smallest absolute Gasteiger partial charge is 0.0467 e. The highest BCUT2D eigenvalue weighted by atomic mass is 15.1. The van der Waals surface area contributed by atoms with Crippen LogP contribution in [0.4, 0.5) is 17.1 Å². The molecule has 0 unspecified atom stereocenters. The van der Waals surface area contributed by atoms with Gasteiger partial charge in [0.15, 0.2) is 0 Å². The zero-order valence-corrected chi connectivity index (χ0v) is 27.5. The van der Waals surface area contributed by atoms with E-state index in [-0.39, 0.29) is 11.0 Å². The van der Waals surface area contributed by atoms with Gasteiger partial charge in [-0.3, -0.25) is 0 Å². The Bertz CT molecular complexity index is 2590. The molecule has 49 heavy (non-hydrogen) atoms. The summed E-state index contributed by atoms with van der Waals surface area (Å²) in [6, 6.07) is 54.5. The second kappa shape index (κ2) is 10.9. The van der Waals surface area contributed by atoms with Crippen LogP contribution < -0.4 is 4.90 Å². The van der Waals surface area contributed by atoms with E-state index in [1.807, 2.05) is 78.9 Å². The summed E-state index contributed by atoms with van der Waals surface area (Å²) in [7, 11) is 0. The van der Waals surface area contributed by atoms with Gasteiger partial charge in [0.1, 0.15) is 0 Å². The van der Waals surface area contributed by atoms with Gasteiger partial charge in [0.05, 0.1) is 0 Å². The molecule has 236 valence electrons. The van der Waals surface area contributed by atoms with Gasteiger partial charge in [-0.15, -0.1) is 0 Å². The van der Waals surface area contributed by atoms with E-state index >= 15 is 0 Å². The van der Waals surface area contributed by atoms with Crippen LogP contribution in [0.2, 0.25) is 0 Å². The third kappa shape index (κ3) is 4.53. The molecule has 0 saturated carbocycles. The normalized spacial score (nSPS) is 16.8. The van der Waals surface area contributed by atoms with Crippen molar-refractivity contribution in [1.82, 2.24) is 0 Å². The van der Waals surface area contributed by atoms with Gasteiger partial charge in [0.25, 0.3) is 0 Å². The molecule has 0 fully saturated rings. The molecule has 0 aliphatic heterocycles. The maximum absolute atomic E-state index is 9.05. The first kappa shape index (κ1) is 23.6. The van der Waals surface area contributed by atoms with Crippen molar-refractivity contribution in [2.24, 2.45) is 0 Å². The van der Waals surface area contributed by atoms with Crippen LogP contribution in [0.25, 0.3) is 44.5 Å². The molecule has 0 N–H and O–H groups in total. The van der Waals surface area contributed by atoms with Crippen molar-refractivity contribution in [3.05, 3.63) is 186 Å². The molecule has 0 aromatic heterocycles. The lowest BCUT2D eigenvalue weighted by atomic mass is 9.81. The maximum atomic E-state index is 9.05. The predicted molar refractivity (Wildman–Crippen MR) is 207 cm³/mol. The molecule has 1 heteroatoms. The van der Waals surface area contributed by atoms with Crippen LogP contribution in [0.3, 0.4) is 0 Å². The number of hydrogen-bond acceptors (Lipinski definition) is 1. The average Bonchev–Trinajstić information content (AvgIpc) is 3.62. The summed E-state index contributed by atoms with van der Waals surface area (Å²) in [6.07, 6.45) is 0. The van der Waals surface area contributed by atoms with Crippen molar-refractivity contribution in [2.45, 2.75) is 38.4 Å². The second-order valence-corrected chi connectivity index (χ2v) is 13.7. The quantitative estimate of drug-likeness (QED) is 0.182. The van der Waals surface area contributed by atoms with Crippen LogP contribution in [-0.2, 0) is 10.8 Å². The van der Waals surface area contributed by atoms with Crippen molar-refractivity contribution in [3.8, 4) is 44.5 Å². The number of rotatable bonds is 5. The van der Waals surface area contributed by atoms with Gasteiger partial charge in [-0.05, 0) is 103 Å². The minimum absolute atomic E-state index is 0.259. The van der Waals surface area contributed by atoms with Gasteiger partial charge in [0.2, 0.25) is 0 Å². The van der Waals surface area contributed by atoms with Gasteiger partial charge >= 0.3 is 0 Å². The van der Waals surface area contributed by atoms with Crippen molar-refractivity contribution < 1.29 is 8.22 Å². The molecule has 0 spiro atoms. The van der Waals surface area contributed by atoms with Crippen LogP contribution in [0.5, 0.6) is 0 Å². The fourth-order valence-corrected chi connectivity index (χ4v) is 8.09. The SMILES string of the molecule is [2H]C([2H])([2H])C1(C([2H])([2H])[2H])c2cc(N(c3cccc(-c4ccccc4)c3)c3ccc4c(c3)C(C)(C)c3ccccc3-4)ccc2-c2c(-c3ccccc3)cccc21. The predicted octanol–water partition coefficient (Wildman–Crippen LogP) is 13.1. The van der Waals surface area contributed by atoms with Gasteiger partial charge in [-0.1, -0.05) is 155 Å². The Labute approximate surface area is 298 Å². The van der Waals surface area contributed by atoms with E-state index < -0.39 is 19.1 Å². The van der Waals surface area contributed by atoms with E-state index in [2.05, 4.69) is 91.5 Å². The molecule has 7 aromatic carbocycles. The van der Waals surface area contributed by atoms with Gasteiger partial charge < -0.3 is 4.90 Å². The summed E-state index contributed by atoms with van der Waals surface area (Å²) < 4.78 is 54.3. The van der Waals surface area contributed by atoms with Crippen molar-refractivity contribution >= 4 is 17.1 Å². The lowest BCUT2D eigenvalue weighted by Crippen LogP contribution is -2.18. The molecule has 7 aromatic rings. The monoisotopic (exact) mass is 635 g/mol. The first-order valence-electron chi connectivity index (χ1n) is 19.9. The van der Waals surface area contributed by atoms with Crippen LogP contribution in [0.15, 0.2) is 164 Å². The van der Waals surface area contributed by atoms with Crippen LogP contribution in [0, 0.1) is 0 Å². The van der Waals surface area contributed by atoms with Crippen molar-refractivity contribution in [2.75, 3.05) is 4.90 Å². The van der Waals surface area contributed by atoms with Gasteiger partial charge in [-0.2, -0.15) is 0 Å². The third-order valence-electron chi connectivity index (χ3n) is 10.5. The summed E-state index contributed by atoms with van der Waals surface area (Å²) in [5.74, 6) is 0. The Balaban J connectivity index is 1.32. The zero-order valence-electron chi connectivity index (χ0n) is 33.5. The molecule has 0 bridgehead atoms. The summed E-state index contributed by atoms with van der Waals surface area (Å²) in [6.45, 7) is -1.32. The molecule has 0 heterocycles. The molecule has 1 nitrogen and oxygen atoms in total. The summed E-state index contributed by atoms with van der Waals surface area (Å²) in [5, 5.41) is 0. The van der Waals surface area contributed by atoms with E-state index in [1.54, 1.807) is 12.1 Å². The topological polar surface area (TPSA) is 3.24 Å². The van der Waals surface area contributed by atoms with E-state index in [0.717, 1.165) is 33.6 Å². The highest BCUT2D eigenvalue weighted by Crippen LogP contribution is 2.55. The first-order valence-corrected chi connectivity index (χ1v) is 16.9. The summed E-state index contributed by atoms with van der Waals surface area (Å²) in [4.78, 5) is 2.14. The van der Waals surface area contributed by atoms with E-state index in [4.69, 9.17) is 8.22 Å². The molecule has 0 saturated heterocycles. The van der Waals surface area contributed by atoms with Crippen LogP contribution >= 0.6 is 0 Å². The van der Waals surface area contributed by atoms with E-state index in [9.17, 15) is 0 Å². The van der Waals surface area contributed by atoms with Crippen molar-refractivity contribution in [3.63, 3.8) is 0 Å². The number of benzene rings is 7. The number of anilines is 3. The molecule has 0 atom stereocenters. The number of hydrogen-bond donors (Lipinski definition) is 0. The fourth-order valence-electron chi connectivity index (χ4n) is 8.09. The highest BCUT2D eigenvalue weighted by Gasteiger charge is 2.38. The molecule has 0 amide bonds. The second-order valence-electron chi connectivity index (χ2n) is 13.7. The number of fused-ring (bicyclic) bond motifs is 6. The highest BCUT2D eigenvalue weighted by molar-refractivity contribution is 5.94. The number of nitrogens with zero attached hydrogens (tertiary/aromatic N) is 1. The van der Waals surface area contributed by atoms with Gasteiger partial charge in [-0.25, -0.2) is 0 Å². The summed E-state index contributed by atoms with van der Waals surface area (Å²) >= 11 is 0. The molecule has 9 rings (SSSR count). The Morgan fingerprint density at radius 3 is 1.65 bits per heavy atom. The van der Waals surface area contributed by atoms with E-state index in [0.29, 0.717) is 22.4 Å². The first-order chi connectivity index (χ1) is 26.3. The molecular weight excluding hydrogens is 591 g/mol. The molecule has 0 radical (unpaired) electrons. The standard InChI is InChI=1S/C48H39N/c1-47(2)42-23-12-11-21-39(42)40-27-25-36(30-44(40)47)49(35-20-13-19-34(29-35)32-15-7-5-8-16-32)37-26-28-41-45(31-37)48(3,4)43-24-14-22-38(46(41)43)33-17-9-6-10-18-33/h5-31H,1-4H3/i3D3,4D3. The largest absolute Gasteiger partial charge is 0.310 e.